The first-order chi connectivity index (χ1) is 13.5. The van der Waals surface area contributed by atoms with Gasteiger partial charge in [0.2, 0.25) is 0 Å². The molecule has 0 fully saturated rings. The number of carbonyl (C=O) groups excluding carboxylic acids is 1. The molecule has 4 rings (SSSR count). The average Bonchev–Trinajstić information content (AvgIpc) is 3.33. The SMILES string of the molecule is Cc1nnnn1-c1cc(NC(=O)c2csc(-c3cccc(Cl)c3)n2)ccc1F. The average molecular weight is 415 g/mol. The van der Waals surface area contributed by atoms with Crippen LogP contribution in [0.5, 0.6) is 0 Å². The van der Waals surface area contributed by atoms with E-state index in [1.165, 1.54) is 34.2 Å². The number of nitrogens with zero attached hydrogens (tertiary/aromatic N) is 5. The molecular weight excluding hydrogens is 403 g/mol. The van der Waals surface area contributed by atoms with Gasteiger partial charge in [-0.15, -0.1) is 16.4 Å². The maximum absolute atomic E-state index is 14.1. The summed E-state index contributed by atoms with van der Waals surface area (Å²) in [5, 5.41) is 16.6. The molecule has 0 aliphatic rings. The van der Waals surface area contributed by atoms with Crippen molar-refractivity contribution in [1.29, 1.82) is 0 Å². The van der Waals surface area contributed by atoms with Crippen LogP contribution >= 0.6 is 22.9 Å². The first-order valence-corrected chi connectivity index (χ1v) is 9.35. The zero-order valence-corrected chi connectivity index (χ0v) is 16.0. The van der Waals surface area contributed by atoms with Crippen molar-refractivity contribution in [3.63, 3.8) is 0 Å². The van der Waals surface area contributed by atoms with Crippen molar-refractivity contribution in [3.05, 3.63) is 70.2 Å². The molecule has 2 heterocycles. The lowest BCUT2D eigenvalue weighted by atomic mass is 10.2. The van der Waals surface area contributed by atoms with Gasteiger partial charge in [-0.3, -0.25) is 4.79 Å². The van der Waals surface area contributed by atoms with Crippen LogP contribution in [-0.4, -0.2) is 31.1 Å². The van der Waals surface area contributed by atoms with Crippen LogP contribution < -0.4 is 5.32 Å². The highest BCUT2D eigenvalue weighted by molar-refractivity contribution is 7.13. The van der Waals surface area contributed by atoms with E-state index in [4.69, 9.17) is 11.6 Å². The molecule has 2 aromatic heterocycles. The number of benzene rings is 2. The minimum atomic E-state index is -0.509. The number of tetrazole rings is 1. The Hall–Kier alpha value is -3.17. The molecule has 1 amide bonds. The summed E-state index contributed by atoms with van der Waals surface area (Å²) in [5.74, 6) is -0.492. The molecule has 7 nitrogen and oxygen atoms in total. The molecule has 4 aromatic rings. The van der Waals surface area contributed by atoms with Gasteiger partial charge < -0.3 is 5.32 Å². The van der Waals surface area contributed by atoms with Crippen LogP contribution in [-0.2, 0) is 0 Å². The summed E-state index contributed by atoms with van der Waals surface area (Å²) in [7, 11) is 0. The summed E-state index contributed by atoms with van der Waals surface area (Å²) in [4.78, 5) is 16.9. The van der Waals surface area contributed by atoms with Gasteiger partial charge in [-0.1, -0.05) is 23.7 Å². The number of aryl methyl sites for hydroxylation is 1. The molecule has 0 saturated heterocycles. The number of carbonyl (C=O) groups is 1. The van der Waals surface area contributed by atoms with Crippen LogP contribution in [0.3, 0.4) is 0 Å². The fourth-order valence-electron chi connectivity index (χ4n) is 2.53. The molecule has 140 valence electrons. The molecule has 0 bridgehead atoms. The Bertz CT molecular complexity index is 1170. The molecule has 0 unspecified atom stereocenters. The predicted molar refractivity (Wildman–Crippen MR) is 104 cm³/mol. The summed E-state index contributed by atoms with van der Waals surface area (Å²) in [6, 6.07) is 11.4. The van der Waals surface area contributed by atoms with Crippen molar-refractivity contribution in [3.8, 4) is 16.3 Å². The maximum atomic E-state index is 14.1. The van der Waals surface area contributed by atoms with E-state index in [0.717, 1.165) is 5.56 Å². The third-order valence-electron chi connectivity index (χ3n) is 3.87. The first kappa shape index (κ1) is 18.2. The minimum absolute atomic E-state index is 0.137. The van der Waals surface area contributed by atoms with Gasteiger partial charge in [0.25, 0.3) is 5.91 Å². The Balaban J connectivity index is 1.57. The van der Waals surface area contributed by atoms with Crippen molar-refractivity contribution in [1.82, 2.24) is 25.2 Å². The van der Waals surface area contributed by atoms with Crippen molar-refractivity contribution in [2.45, 2.75) is 6.92 Å². The molecule has 0 saturated carbocycles. The minimum Gasteiger partial charge on any atom is -0.321 e. The first-order valence-electron chi connectivity index (χ1n) is 8.09. The lowest BCUT2D eigenvalue weighted by Gasteiger charge is -2.08. The van der Waals surface area contributed by atoms with E-state index in [1.54, 1.807) is 24.4 Å². The molecule has 0 aliphatic heterocycles. The highest BCUT2D eigenvalue weighted by atomic mass is 35.5. The van der Waals surface area contributed by atoms with Gasteiger partial charge in [-0.05, 0) is 47.7 Å². The lowest BCUT2D eigenvalue weighted by molar-refractivity contribution is 0.102. The Morgan fingerprint density at radius 2 is 2.11 bits per heavy atom. The molecular formula is C18H12ClFN6OS. The Kier molecular flexibility index (Phi) is 4.84. The van der Waals surface area contributed by atoms with Gasteiger partial charge in [-0.25, -0.2) is 9.37 Å². The van der Waals surface area contributed by atoms with Crippen LogP contribution in [0, 0.1) is 12.7 Å². The van der Waals surface area contributed by atoms with E-state index in [1.807, 2.05) is 12.1 Å². The zero-order chi connectivity index (χ0) is 19.7. The third-order valence-corrected chi connectivity index (χ3v) is 4.99. The normalized spacial score (nSPS) is 10.8. The summed E-state index contributed by atoms with van der Waals surface area (Å²) in [5.41, 5.74) is 1.62. The van der Waals surface area contributed by atoms with Gasteiger partial charge in [0, 0.05) is 21.7 Å². The molecule has 1 N–H and O–H groups in total. The molecule has 2 aromatic carbocycles. The number of hydrogen-bond donors (Lipinski definition) is 1. The quantitative estimate of drug-likeness (QED) is 0.542. The lowest BCUT2D eigenvalue weighted by Crippen LogP contribution is -2.13. The second-order valence-electron chi connectivity index (χ2n) is 5.81. The highest BCUT2D eigenvalue weighted by Gasteiger charge is 2.15. The van der Waals surface area contributed by atoms with E-state index < -0.39 is 11.7 Å². The van der Waals surface area contributed by atoms with E-state index in [0.29, 0.717) is 21.5 Å². The van der Waals surface area contributed by atoms with Crippen LogP contribution in [0.15, 0.2) is 47.8 Å². The summed E-state index contributed by atoms with van der Waals surface area (Å²) < 4.78 is 15.4. The summed E-state index contributed by atoms with van der Waals surface area (Å²) >= 11 is 7.34. The number of hydrogen-bond acceptors (Lipinski definition) is 6. The molecule has 28 heavy (non-hydrogen) atoms. The van der Waals surface area contributed by atoms with Crippen molar-refractivity contribution in [2.24, 2.45) is 0 Å². The van der Waals surface area contributed by atoms with Gasteiger partial charge >= 0.3 is 0 Å². The number of rotatable bonds is 4. The molecule has 0 atom stereocenters. The summed E-state index contributed by atoms with van der Waals surface area (Å²) in [6.45, 7) is 1.65. The van der Waals surface area contributed by atoms with Crippen LogP contribution in [0.4, 0.5) is 10.1 Å². The second kappa shape index (κ2) is 7.45. The predicted octanol–water partition coefficient (Wildman–Crippen LogP) is 4.14. The standard InChI is InChI=1S/C18H12ClFN6OS/c1-10-23-24-25-26(10)16-8-13(5-6-14(16)20)21-17(27)15-9-28-18(22-15)11-3-2-4-12(19)7-11/h2-9H,1H3,(H,21,27). The smallest absolute Gasteiger partial charge is 0.275 e. The second-order valence-corrected chi connectivity index (χ2v) is 7.10. The highest BCUT2D eigenvalue weighted by Crippen LogP contribution is 2.26. The monoisotopic (exact) mass is 414 g/mol. The number of nitrogens with one attached hydrogen (secondary N) is 1. The van der Waals surface area contributed by atoms with Crippen LogP contribution in [0.2, 0.25) is 5.02 Å². The molecule has 0 spiro atoms. The number of halogens is 2. The van der Waals surface area contributed by atoms with Crippen LogP contribution in [0.1, 0.15) is 16.3 Å². The van der Waals surface area contributed by atoms with Gasteiger partial charge in [0.15, 0.2) is 5.82 Å². The van der Waals surface area contributed by atoms with Crippen molar-refractivity contribution >= 4 is 34.5 Å². The van der Waals surface area contributed by atoms with Crippen LogP contribution in [0.25, 0.3) is 16.3 Å². The van der Waals surface area contributed by atoms with E-state index in [-0.39, 0.29) is 11.4 Å². The third kappa shape index (κ3) is 3.62. The molecule has 0 aliphatic carbocycles. The van der Waals surface area contributed by atoms with Gasteiger partial charge in [0.1, 0.15) is 22.2 Å². The molecule has 10 heteroatoms. The zero-order valence-electron chi connectivity index (χ0n) is 14.4. The Morgan fingerprint density at radius 3 is 2.86 bits per heavy atom. The van der Waals surface area contributed by atoms with E-state index in [2.05, 4.69) is 25.8 Å². The van der Waals surface area contributed by atoms with Gasteiger partial charge in [0.05, 0.1) is 0 Å². The molecule has 0 radical (unpaired) electrons. The topological polar surface area (TPSA) is 85.6 Å². The number of anilines is 1. The van der Waals surface area contributed by atoms with E-state index in [9.17, 15) is 9.18 Å². The number of aromatic nitrogens is 5. The van der Waals surface area contributed by atoms with Gasteiger partial charge in [-0.2, -0.15) is 4.68 Å². The Labute approximate surface area is 167 Å². The largest absolute Gasteiger partial charge is 0.321 e. The summed E-state index contributed by atoms with van der Waals surface area (Å²) in [6.07, 6.45) is 0. The fraction of sp³-hybridized carbons (Fsp3) is 0.0556. The number of amides is 1. The maximum Gasteiger partial charge on any atom is 0.275 e. The Morgan fingerprint density at radius 1 is 1.25 bits per heavy atom. The number of thiazole rings is 1. The van der Waals surface area contributed by atoms with E-state index >= 15 is 0 Å². The fourth-order valence-corrected chi connectivity index (χ4v) is 3.52. The van der Waals surface area contributed by atoms with Crippen molar-refractivity contribution in [2.75, 3.05) is 5.32 Å². The van der Waals surface area contributed by atoms with Crippen molar-refractivity contribution < 1.29 is 9.18 Å².